The fraction of sp³-hybridized carbons (Fsp3) is 0.318. The smallest absolute Gasteiger partial charge is 0.319 e. The number of hydrogen-bond acceptors (Lipinski definition) is 3. The lowest BCUT2D eigenvalue weighted by Gasteiger charge is -2.29. The Labute approximate surface area is 168 Å². The van der Waals surface area contributed by atoms with E-state index in [1.165, 1.54) is 17.0 Å². The van der Waals surface area contributed by atoms with Crippen LogP contribution >= 0.6 is 0 Å². The number of rotatable bonds is 4. The average Bonchev–Trinajstić information content (AvgIpc) is 2.97. The lowest BCUT2D eigenvalue weighted by atomic mass is 9.94. The van der Waals surface area contributed by atoms with Gasteiger partial charge in [-0.15, -0.1) is 0 Å². The van der Waals surface area contributed by atoms with E-state index >= 15 is 0 Å². The lowest BCUT2D eigenvalue weighted by molar-refractivity contribution is 0.0549. The number of benzene rings is 2. The molecule has 4 amide bonds. The van der Waals surface area contributed by atoms with Gasteiger partial charge >= 0.3 is 6.03 Å². The van der Waals surface area contributed by atoms with Crippen molar-refractivity contribution in [1.29, 1.82) is 0 Å². The Balaban J connectivity index is 1.42. The Morgan fingerprint density at radius 3 is 2.52 bits per heavy atom. The number of nitrogens with one attached hydrogen (secondary N) is 2. The number of amides is 4. The van der Waals surface area contributed by atoms with Gasteiger partial charge in [0.1, 0.15) is 5.82 Å². The first kappa shape index (κ1) is 19.1. The zero-order chi connectivity index (χ0) is 20.4. The highest BCUT2D eigenvalue weighted by atomic mass is 19.1. The van der Waals surface area contributed by atoms with Crippen LogP contribution in [0.25, 0.3) is 0 Å². The number of imide groups is 1. The van der Waals surface area contributed by atoms with E-state index in [4.69, 9.17) is 0 Å². The van der Waals surface area contributed by atoms with Crippen LogP contribution in [-0.4, -0.2) is 28.8 Å². The number of carbonyl (C=O) groups excluding carboxylic acids is 3. The Kier molecular flexibility index (Phi) is 5.29. The van der Waals surface area contributed by atoms with Crippen molar-refractivity contribution in [3.63, 3.8) is 0 Å². The molecule has 4 rings (SSSR count). The van der Waals surface area contributed by atoms with E-state index in [-0.39, 0.29) is 30.2 Å². The van der Waals surface area contributed by atoms with Crippen molar-refractivity contribution in [2.75, 3.05) is 5.32 Å². The van der Waals surface area contributed by atoms with Crippen molar-refractivity contribution in [1.82, 2.24) is 10.2 Å². The molecule has 0 saturated heterocycles. The maximum Gasteiger partial charge on any atom is 0.319 e. The highest BCUT2D eigenvalue weighted by Crippen LogP contribution is 2.32. The molecule has 1 saturated carbocycles. The van der Waals surface area contributed by atoms with E-state index < -0.39 is 6.03 Å². The predicted molar refractivity (Wildman–Crippen MR) is 106 cm³/mol. The molecule has 2 aromatic rings. The summed E-state index contributed by atoms with van der Waals surface area (Å²) >= 11 is 0. The number of fused-ring (bicyclic) bond motifs is 1. The molecular weight excluding hydrogens is 373 g/mol. The van der Waals surface area contributed by atoms with Crippen molar-refractivity contribution < 1.29 is 18.8 Å². The molecule has 6 nitrogen and oxygen atoms in total. The molecule has 1 aliphatic heterocycles. The maximum atomic E-state index is 13.2. The molecule has 1 fully saturated rings. The number of hydrogen-bond donors (Lipinski definition) is 2. The van der Waals surface area contributed by atoms with Gasteiger partial charge in [-0.1, -0.05) is 31.4 Å². The highest BCUT2D eigenvalue weighted by molar-refractivity contribution is 6.22. The second-order valence-corrected chi connectivity index (χ2v) is 7.47. The molecule has 7 heteroatoms. The van der Waals surface area contributed by atoms with Gasteiger partial charge in [0.25, 0.3) is 11.8 Å². The zero-order valence-corrected chi connectivity index (χ0v) is 15.9. The molecule has 2 N–H and O–H groups in total. The third kappa shape index (κ3) is 3.99. The summed E-state index contributed by atoms with van der Waals surface area (Å²) in [6.07, 6.45) is 4.88. The number of nitrogens with zero attached hydrogens (tertiary/aromatic N) is 1. The van der Waals surface area contributed by atoms with Crippen LogP contribution in [0.3, 0.4) is 0 Å². The topological polar surface area (TPSA) is 78.5 Å². The monoisotopic (exact) mass is 395 g/mol. The van der Waals surface area contributed by atoms with Gasteiger partial charge in [-0.05, 0) is 48.7 Å². The van der Waals surface area contributed by atoms with E-state index in [1.54, 1.807) is 30.3 Å². The van der Waals surface area contributed by atoms with Gasteiger partial charge in [0.15, 0.2) is 0 Å². The second kappa shape index (κ2) is 8.03. The van der Waals surface area contributed by atoms with Crippen LogP contribution in [0.15, 0.2) is 42.5 Å². The summed E-state index contributed by atoms with van der Waals surface area (Å²) in [5.41, 5.74) is 1.76. The summed E-state index contributed by atoms with van der Waals surface area (Å²) in [7, 11) is 0. The van der Waals surface area contributed by atoms with Gasteiger partial charge in [-0.2, -0.15) is 0 Å². The summed E-state index contributed by atoms with van der Waals surface area (Å²) in [6, 6.07) is 10.2. The van der Waals surface area contributed by atoms with Crippen molar-refractivity contribution >= 4 is 23.5 Å². The standard InChI is InChI=1S/C22H22FN3O3/c23-15-6-4-5-14(11-15)13-24-22(29)25-16-9-10-18-19(12-16)21(28)26(20(18)27)17-7-2-1-3-8-17/h4-6,9-12,17H,1-3,7-8,13H2,(H2,24,25,29). The molecule has 0 bridgehead atoms. The van der Waals surface area contributed by atoms with Crippen molar-refractivity contribution in [2.45, 2.75) is 44.7 Å². The number of urea groups is 1. The van der Waals surface area contributed by atoms with E-state index in [2.05, 4.69) is 10.6 Å². The van der Waals surface area contributed by atoms with Gasteiger partial charge in [0.05, 0.1) is 11.1 Å². The SMILES string of the molecule is O=C(NCc1cccc(F)c1)Nc1ccc2c(c1)C(=O)N(C1CCCCC1)C2=O. The maximum absolute atomic E-state index is 13.2. The normalized spacial score (nSPS) is 16.7. The van der Waals surface area contributed by atoms with Crippen LogP contribution in [0.1, 0.15) is 58.4 Å². The molecule has 0 aromatic heterocycles. The minimum Gasteiger partial charge on any atom is -0.334 e. The molecule has 29 heavy (non-hydrogen) atoms. The van der Waals surface area contributed by atoms with E-state index in [0.717, 1.165) is 32.1 Å². The molecule has 150 valence electrons. The quantitative estimate of drug-likeness (QED) is 0.766. The van der Waals surface area contributed by atoms with Gasteiger partial charge in [0, 0.05) is 18.3 Å². The van der Waals surface area contributed by atoms with Crippen LogP contribution in [0, 0.1) is 5.82 Å². The molecule has 1 aliphatic carbocycles. The minimum absolute atomic E-state index is 0.0397. The van der Waals surface area contributed by atoms with Crippen molar-refractivity contribution in [2.24, 2.45) is 0 Å². The minimum atomic E-state index is -0.477. The first-order chi connectivity index (χ1) is 14.0. The predicted octanol–water partition coefficient (Wildman–Crippen LogP) is 4.08. The molecular formula is C22H22FN3O3. The van der Waals surface area contributed by atoms with Gasteiger partial charge in [-0.25, -0.2) is 9.18 Å². The molecule has 0 unspecified atom stereocenters. The lowest BCUT2D eigenvalue weighted by Crippen LogP contribution is -2.40. The molecule has 0 atom stereocenters. The summed E-state index contributed by atoms with van der Waals surface area (Å²) in [5, 5.41) is 5.30. The Morgan fingerprint density at radius 1 is 1.00 bits per heavy atom. The van der Waals surface area contributed by atoms with Crippen LogP contribution < -0.4 is 10.6 Å². The Bertz CT molecular complexity index is 970. The summed E-state index contributed by atoms with van der Waals surface area (Å²) in [5.74, 6) is -0.909. The van der Waals surface area contributed by atoms with Gasteiger partial charge in [0.2, 0.25) is 0 Å². The molecule has 1 heterocycles. The van der Waals surface area contributed by atoms with E-state index in [9.17, 15) is 18.8 Å². The first-order valence-corrected chi connectivity index (χ1v) is 9.84. The molecule has 2 aromatic carbocycles. The third-order valence-corrected chi connectivity index (χ3v) is 5.46. The average molecular weight is 395 g/mol. The Hall–Kier alpha value is -3.22. The molecule has 2 aliphatic rings. The van der Waals surface area contributed by atoms with E-state index in [1.807, 2.05) is 0 Å². The van der Waals surface area contributed by atoms with Crippen LogP contribution in [-0.2, 0) is 6.54 Å². The largest absolute Gasteiger partial charge is 0.334 e. The van der Waals surface area contributed by atoms with Gasteiger partial charge in [-0.3, -0.25) is 14.5 Å². The second-order valence-electron chi connectivity index (χ2n) is 7.47. The first-order valence-electron chi connectivity index (χ1n) is 9.84. The zero-order valence-electron chi connectivity index (χ0n) is 15.9. The summed E-state index contributed by atoms with van der Waals surface area (Å²) in [4.78, 5) is 39.1. The van der Waals surface area contributed by atoms with Crippen LogP contribution in [0.5, 0.6) is 0 Å². The Morgan fingerprint density at radius 2 is 1.76 bits per heavy atom. The van der Waals surface area contributed by atoms with Crippen LogP contribution in [0.2, 0.25) is 0 Å². The van der Waals surface area contributed by atoms with Crippen molar-refractivity contribution in [3.8, 4) is 0 Å². The fourth-order valence-corrected chi connectivity index (χ4v) is 4.01. The summed E-state index contributed by atoms with van der Waals surface area (Å²) < 4.78 is 13.2. The third-order valence-electron chi connectivity index (χ3n) is 5.46. The van der Waals surface area contributed by atoms with Gasteiger partial charge < -0.3 is 10.6 Å². The van der Waals surface area contributed by atoms with E-state index in [0.29, 0.717) is 22.4 Å². The van der Waals surface area contributed by atoms with Crippen LogP contribution in [0.4, 0.5) is 14.9 Å². The number of anilines is 1. The number of halogens is 1. The fourth-order valence-electron chi connectivity index (χ4n) is 4.01. The number of carbonyl (C=O) groups is 3. The molecule has 0 radical (unpaired) electrons. The molecule has 0 spiro atoms. The highest BCUT2D eigenvalue weighted by Gasteiger charge is 2.40. The van der Waals surface area contributed by atoms with Crippen molar-refractivity contribution in [3.05, 3.63) is 65.0 Å². The summed E-state index contributed by atoms with van der Waals surface area (Å²) in [6.45, 7) is 0.168.